The molecule has 0 bridgehead atoms. The van der Waals surface area contributed by atoms with Gasteiger partial charge in [0.1, 0.15) is 0 Å². The molecule has 0 aromatic rings. The third-order valence-corrected chi connectivity index (χ3v) is 2.37. The first-order valence-electron chi connectivity index (χ1n) is 4.86. The van der Waals surface area contributed by atoms with Crippen molar-refractivity contribution in [2.24, 2.45) is 17.1 Å². The van der Waals surface area contributed by atoms with Crippen LogP contribution in [0, 0.1) is 11.3 Å². The molecule has 12 heavy (non-hydrogen) atoms. The Kier molecular flexibility index (Phi) is 5.51. The third kappa shape index (κ3) is 5.56. The van der Waals surface area contributed by atoms with E-state index in [4.69, 9.17) is 5.73 Å². The number of hydrogen-bond donors (Lipinski definition) is 2. The summed E-state index contributed by atoms with van der Waals surface area (Å²) < 4.78 is 0. The van der Waals surface area contributed by atoms with E-state index in [2.05, 4.69) is 26.1 Å². The van der Waals surface area contributed by atoms with Crippen molar-refractivity contribution in [2.45, 2.75) is 33.6 Å². The van der Waals surface area contributed by atoms with Crippen molar-refractivity contribution in [1.82, 2.24) is 5.32 Å². The van der Waals surface area contributed by atoms with E-state index in [-0.39, 0.29) is 0 Å². The standard InChI is InChI=1S/C10H24N2/c1-9(7-11)5-6-10(2,3)8-12-4/h9,12H,5-8,11H2,1-4H3. The molecule has 74 valence electrons. The largest absolute Gasteiger partial charge is 0.330 e. The predicted molar refractivity (Wildman–Crippen MR) is 55.2 cm³/mol. The van der Waals surface area contributed by atoms with E-state index >= 15 is 0 Å². The lowest BCUT2D eigenvalue weighted by atomic mass is 9.85. The van der Waals surface area contributed by atoms with Gasteiger partial charge in [-0.2, -0.15) is 0 Å². The second-order valence-corrected chi connectivity index (χ2v) is 4.57. The summed E-state index contributed by atoms with van der Waals surface area (Å²) >= 11 is 0. The van der Waals surface area contributed by atoms with Gasteiger partial charge in [0, 0.05) is 0 Å². The molecule has 0 radical (unpaired) electrons. The quantitative estimate of drug-likeness (QED) is 0.639. The summed E-state index contributed by atoms with van der Waals surface area (Å²) in [7, 11) is 2.01. The minimum atomic E-state index is 0.415. The van der Waals surface area contributed by atoms with Crippen LogP contribution in [0.1, 0.15) is 33.6 Å². The van der Waals surface area contributed by atoms with Crippen molar-refractivity contribution in [3.63, 3.8) is 0 Å². The second-order valence-electron chi connectivity index (χ2n) is 4.57. The minimum Gasteiger partial charge on any atom is -0.330 e. The van der Waals surface area contributed by atoms with Crippen LogP contribution in [0.5, 0.6) is 0 Å². The first-order valence-corrected chi connectivity index (χ1v) is 4.86. The SMILES string of the molecule is CNCC(C)(C)CCC(C)CN. The Morgan fingerprint density at radius 2 is 2.00 bits per heavy atom. The number of hydrogen-bond acceptors (Lipinski definition) is 2. The molecule has 0 saturated carbocycles. The molecule has 2 nitrogen and oxygen atoms in total. The Labute approximate surface area is 76.9 Å². The Hall–Kier alpha value is -0.0800. The molecule has 0 saturated heterocycles. The first kappa shape index (κ1) is 11.9. The maximum absolute atomic E-state index is 5.56. The highest BCUT2D eigenvalue weighted by Gasteiger charge is 2.17. The van der Waals surface area contributed by atoms with E-state index in [9.17, 15) is 0 Å². The van der Waals surface area contributed by atoms with Gasteiger partial charge >= 0.3 is 0 Å². The van der Waals surface area contributed by atoms with E-state index in [1.165, 1.54) is 12.8 Å². The van der Waals surface area contributed by atoms with Crippen molar-refractivity contribution in [3.8, 4) is 0 Å². The van der Waals surface area contributed by atoms with Crippen LogP contribution >= 0.6 is 0 Å². The highest BCUT2D eigenvalue weighted by Crippen LogP contribution is 2.23. The third-order valence-electron chi connectivity index (χ3n) is 2.37. The summed E-state index contributed by atoms with van der Waals surface area (Å²) in [6, 6.07) is 0. The van der Waals surface area contributed by atoms with Crippen LogP contribution in [0.4, 0.5) is 0 Å². The zero-order valence-electron chi connectivity index (χ0n) is 8.98. The molecule has 0 fully saturated rings. The van der Waals surface area contributed by atoms with Gasteiger partial charge in [0.15, 0.2) is 0 Å². The molecule has 1 unspecified atom stereocenters. The highest BCUT2D eigenvalue weighted by molar-refractivity contribution is 4.71. The van der Waals surface area contributed by atoms with Crippen LogP contribution in [-0.2, 0) is 0 Å². The van der Waals surface area contributed by atoms with Gasteiger partial charge in [0.2, 0.25) is 0 Å². The fourth-order valence-corrected chi connectivity index (χ4v) is 1.32. The first-order chi connectivity index (χ1) is 5.52. The van der Waals surface area contributed by atoms with Crippen molar-refractivity contribution in [3.05, 3.63) is 0 Å². The molecule has 2 heteroatoms. The maximum Gasteiger partial charge on any atom is -0.0000486 e. The summed E-state index contributed by atoms with van der Waals surface area (Å²) in [6.07, 6.45) is 2.50. The van der Waals surface area contributed by atoms with Crippen molar-refractivity contribution in [1.29, 1.82) is 0 Å². The molecule has 3 N–H and O–H groups in total. The van der Waals surface area contributed by atoms with Crippen LogP contribution in [-0.4, -0.2) is 20.1 Å². The van der Waals surface area contributed by atoms with Gasteiger partial charge in [-0.3, -0.25) is 0 Å². The second kappa shape index (κ2) is 5.55. The Morgan fingerprint density at radius 1 is 1.42 bits per heavy atom. The van der Waals surface area contributed by atoms with Crippen LogP contribution < -0.4 is 11.1 Å². The van der Waals surface area contributed by atoms with Crippen LogP contribution in [0.3, 0.4) is 0 Å². The lowest BCUT2D eigenvalue weighted by molar-refractivity contribution is 0.293. The van der Waals surface area contributed by atoms with E-state index < -0.39 is 0 Å². The molecule has 0 spiro atoms. The molecular weight excluding hydrogens is 148 g/mol. The Balaban J connectivity index is 3.59. The fourth-order valence-electron chi connectivity index (χ4n) is 1.32. The topological polar surface area (TPSA) is 38.0 Å². The normalized spacial score (nSPS) is 14.8. The summed E-state index contributed by atoms with van der Waals surface area (Å²) in [5.74, 6) is 0.668. The average molecular weight is 172 g/mol. The summed E-state index contributed by atoms with van der Waals surface area (Å²) in [6.45, 7) is 8.72. The fraction of sp³-hybridized carbons (Fsp3) is 1.00. The van der Waals surface area contributed by atoms with Crippen molar-refractivity contribution >= 4 is 0 Å². The molecule has 0 aliphatic carbocycles. The predicted octanol–water partition coefficient (Wildman–Crippen LogP) is 1.61. The monoisotopic (exact) mass is 172 g/mol. The molecule has 0 rings (SSSR count). The number of rotatable bonds is 6. The minimum absolute atomic E-state index is 0.415. The van der Waals surface area contributed by atoms with Gasteiger partial charge in [-0.05, 0) is 44.3 Å². The van der Waals surface area contributed by atoms with Gasteiger partial charge in [0.05, 0.1) is 0 Å². The summed E-state index contributed by atoms with van der Waals surface area (Å²) in [4.78, 5) is 0. The van der Waals surface area contributed by atoms with Gasteiger partial charge < -0.3 is 11.1 Å². The molecule has 0 heterocycles. The number of nitrogens with one attached hydrogen (secondary N) is 1. The van der Waals surface area contributed by atoms with Gasteiger partial charge in [-0.15, -0.1) is 0 Å². The summed E-state index contributed by atoms with van der Waals surface area (Å²) in [5.41, 5.74) is 5.97. The van der Waals surface area contributed by atoms with Crippen LogP contribution in [0.25, 0.3) is 0 Å². The van der Waals surface area contributed by atoms with Gasteiger partial charge in [0.25, 0.3) is 0 Å². The van der Waals surface area contributed by atoms with E-state index in [0.717, 1.165) is 13.1 Å². The van der Waals surface area contributed by atoms with Gasteiger partial charge in [-0.25, -0.2) is 0 Å². The van der Waals surface area contributed by atoms with Crippen molar-refractivity contribution < 1.29 is 0 Å². The van der Waals surface area contributed by atoms with Crippen LogP contribution in [0.15, 0.2) is 0 Å². The Bertz CT molecular complexity index is 110. The molecule has 0 aliphatic heterocycles. The van der Waals surface area contributed by atoms with Crippen LogP contribution in [0.2, 0.25) is 0 Å². The average Bonchev–Trinajstić information content (AvgIpc) is 2.00. The lowest BCUT2D eigenvalue weighted by Crippen LogP contribution is -2.27. The maximum atomic E-state index is 5.56. The smallest absolute Gasteiger partial charge is 0.0000486 e. The molecule has 0 amide bonds. The molecule has 0 aromatic heterocycles. The van der Waals surface area contributed by atoms with Crippen molar-refractivity contribution in [2.75, 3.05) is 20.1 Å². The number of nitrogens with two attached hydrogens (primary N) is 1. The highest BCUT2D eigenvalue weighted by atomic mass is 14.8. The lowest BCUT2D eigenvalue weighted by Gasteiger charge is -2.25. The Morgan fingerprint density at radius 3 is 2.42 bits per heavy atom. The van der Waals surface area contributed by atoms with Gasteiger partial charge in [-0.1, -0.05) is 20.8 Å². The molecule has 0 aromatic carbocycles. The van der Waals surface area contributed by atoms with E-state index in [1.807, 2.05) is 7.05 Å². The zero-order valence-corrected chi connectivity index (χ0v) is 8.98. The molecule has 1 atom stereocenters. The van der Waals surface area contributed by atoms with E-state index in [1.54, 1.807) is 0 Å². The summed E-state index contributed by atoms with van der Waals surface area (Å²) in [5, 5.41) is 3.22. The zero-order chi connectivity index (χ0) is 9.61. The van der Waals surface area contributed by atoms with E-state index in [0.29, 0.717) is 11.3 Å². The molecular formula is C10H24N2. The molecule has 0 aliphatic rings.